The summed E-state index contributed by atoms with van der Waals surface area (Å²) in [5.74, 6) is 1.13. The standard InChI is InChI=1S/C21H26N2/c1-16(17-11-7-5-8-12-17)23-15-19(21(2,3)4)22-20(23)18-13-9-6-10-14-18/h5-14,16,19H,15H2,1-4H3/t16-,19-/m1/s1. The molecule has 23 heavy (non-hydrogen) atoms. The van der Waals surface area contributed by atoms with Crippen molar-refractivity contribution in [1.29, 1.82) is 0 Å². The van der Waals surface area contributed by atoms with Crippen LogP contribution in [0.25, 0.3) is 0 Å². The SMILES string of the molecule is C[C@H](c1ccccc1)N1C[C@H](C(C)(C)C)N=C1c1ccccc1. The third-order valence-electron chi connectivity index (χ3n) is 4.70. The molecule has 0 spiro atoms. The molecule has 0 unspecified atom stereocenters. The number of hydrogen-bond acceptors (Lipinski definition) is 2. The molecule has 3 rings (SSSR count). The molecule has 1 heterocycles. The second-order valence-electron chi connectivity index (χ2n) is 7.44. The van der Waals surface area contributed by atoms with Gasteiger partial charge in [0.05, 0.1) is 12.1 Å². The third kappa shape index (κ3) is 3.31. The van der Waals surface area contributed by atoms with Crippen LogP contribution in [0.3, 0.4) is 0 Å². The molecule has 120 valence electrons. The molecular formula is C21H26N2. The van der Waals surface area contributed by atoms with Crippen molar-refractivity contribution in [2.45, 2.75) is 39.8 Å². The number of aliphatic imine (C=N–C) groups is 1. The molecule has 0 saturated carbocycles. The summed E-state index contributed by atoms with van der Waals surface area (Å²) >= 11 is 0. The van der Waals surface area contributed by atoms with Gasteiger partial charge in [-0.15, -0.1) is 0 Å². The summed E-state index contributed by atoms with van der Waals surface area (Å²) in [6.45, 7) is 10.1. The van der Waals surface area contributed by atoms with Gasteiger partial charge in [-0.25, -0.2) is 0 Å². The maximum atomic E-state index is 5.10. The van der Waals surface area contributed by atoms with Crippen molar-refractivity contribution in [2.75, 3.05) is 6.54 Å². The van der Waals surface area contributed by atoms with Crippen LogP contribution in [0, 0.1) is 5.41 Å². The fraction of sp³-hybridized carbons (Fsp3) is 0.381. The van der Waals surface area contributed by atoms with Gasteiger partial charge in [0.15, 0.2) is 0 Å². The Morgan fingerprint density at radius 1 is 0.957 bits per heavy atom. The Hall–Kier alpha value is -2.09. The van der Waals surface area contributed by atoms with E-state index < -0.39 is 0 Å². The van der Waals surface area contributed by atoms with E-state index in [4.69, 9.17) is 4.99 Å². The van der Waals surface area contributed by atoms with Gasteiger partial charge in [0.25, 0.3) is 0 Å². The Bertz CT molecular complexity index is 668. The molecule has 0 aromatic heterocycles. The van der Waals surface area contributed by atoms with E-state index >= 15 is 0 Å². The van der Waals surface area contributed by atoms with Crippen LogP contribution in [-0.2, 0) is 0 Å². The fourth-order valence-corrected chi connectivity index (χ4v) is 3.08. The monoisotopic (exact) mass is 306 g/mol. The molecule has 2 aromatic carbocycles. The first-order valence-corrected chi connectivity index (χ1v) is 8.41. The zero-order valence-corrected chi connectivity index (χ0v) is 14.5. The van der Waals surface area contributed by atoms with Crippen LogP contribution in [0.15, 0.2) is 65.7 Å². The summed E-state index contributed by atoms with van der Waals surface area (Å²) in [7, 11) is 0. The van der Waals surface area contributed by atoms with E-state index in [-0.39, 0.29) is 5.41 Å². The maximum absolute atomic E-state index is 5.10. The fourth-order valence-electron chi connectivity index (χ4n) is 3.08. The molecule has 2 atom stereocenters. The van der Waals surface area contributed by atoms with E-state index in [0.717, 1.165) is 12.4 Å². The van der Waals surface area contributed by atoms with Gasteiger partial charge in [-0.05, 0) is 17.9 Å². The summed E-state index contributed by atoms with van der Waals surface area (Å²) < 4.78 is 0. The quantitative estimate of drug-likeness (QED) is 0.785. The zero-order chi connectivity index (χ0) is 16.4. The average molecular weight is 306 g/mol. The van der Waals surface area contributed by atoms with Crippen molar-refractivity contribution < 1.29 is 0 Å². The molecule has 0 bridgehead atoms. The van der Waals surface area contributed by atoms with Gasteiger partial charge < -0.3 is 4.90 Å². The highest BCUT2D eigenvalue weighted by Gasteiger charge is 2.36. The minimum atomic E-state index is 0.172. The van der Waals surface area contributed by atoms with Crippen molar-refractivity contribution in [3.8, 4) is 0 Å². The van der Waals surface area contributed by atoms with Crippen LogP contribution in [0.1, 0.15) is 44.9 Å². The lowest BCUT2D eigenvalue weighted by Gasteiger charge is -2.31. The molecule has 0 radical (unpaired) electrons. The Labute approximate surface area is 139 Å². The topological polar surface area (TPSA) is 15.6 Å². The molecule has 0 saturated heterocycles. The molecule has 0 N–H and O–H groups in total. The predicted octanol–water partition coefficient (Wildman–Crippen LogP) is 4.92. The van der Waals surface area contributed by atoms with Crippen LogP contribution in [-0.4, -0.2) is 23.3 Å². The summed E-state index contributed by atoms with van der Waals surface area (Å²) in [4.78, 5) is 7.56. The van der Waals surface area contributed by atoms with Crippen molar-refractivity contribution in [2.24, 2.45) is 10.4 Å². The van der Waals surface area contributed by atoms with Crippen LogP contribution in [0.4, 0.5) is 0 Å². The highest BCUT2D eigenvalue weighted by atomic mass is 15.3. The van der Waals surface area contributed by atoms with Crippen molar-refractivity contribution in [3.63, 3.8) is 0 Å². The Morgan fingerprint density at radius 2 is 1.52 bits per heavy atom. The van der Waals surface area contributed by atoms with Gasteiger partial charge in [0.1, 0.15) is 5.84 Å². The minimum absolute atomic E-state index is 0.172. The Balaban J connectivity index is 1.97. The van der Waals surface area contributed by atoms with Gasteiger partial charge in [-0.1, -0.05) is 81.4 Å². The number of nitrogens with zero attached hydrogens (tertiary/aromatic N) is 2. The minimum Gasteiger partial charge on any atom is -0.347 e. The zero-order valence-electron chi connectivity index (χ0n) is 14.5. The van der Waals surface area contributed by atoms with Crippen molar-refractivity contribution >= 4 is 5.84 Å². The lowest BCUT2D eigenvalue weighted by molar-refractivity contribution is 0.263. The first-order valence-electron chi connectivity index (χ1n) is 8.41. The van der Waals surface area contributed by atoms with Crippen molar-refractivity contribution in [3.05, 3.63) is 71.8 Å². The molecular weight excluding hydrogens is 280 g/mol. The Kier molecular flexibility index (Phi) is 4.25. The molecule has 0 fully saturated rings. The molecule has 2 heteroatoms. The number of amidine groups is 1. The second-order valence-corrected chi connectivity index (χ2v) is 7.44. The van der Waals surface area contributed by atoms with E-state index in [1.807, 2.05) is 0 Å². The lowest BCUT2D eigenvalue weighted by atomic mass is 9.87. The molecule has 0 aliphatic carbocycles. The van der Waals surface area contributed by atoms with Gasteiger partial charge >= 0.3 is 0 Å². The number of benzene rings is 2. The van der Waals surface area contributed by atoms with Crippen LogP contribution in [0.2, 0.25) is 0 Å². The molecule has 1 aliphatic rings. The van der Waals surface area contributed by atoms with Gasteiger partial charge in [-0.3, -0.25) is 4.99 Å². The third-order valence-corrected chi connectivity index (χ3v) is 4.70. The first kappa shape index (κ1) is 15.8. The summed E-state index contributed by atoms with van der Waals surface area (Å²) in [5.41, 5.74) is 2.72. The van der Waals surface area contributed by atoms with Gasteiger partial charge in [0, 0.05) is 12.1 Å². The van der Waals surface area contributed by atoms with Gasteiger partial charge in [-0.2, -0.15) is 0 Å². The summed E-state index contributed by atoms with van der Waals surface area (Å²) in [6.07, 6.45) is 0. The van der Waals surface area contributed by atoms with E-state index in [2.05, 4.69) is 93.3 Å². The molecule has 0 amide bonds. The summed E-state index contributed by atoms with van der Waals surface area (Å²) in [5, 5.41) is 0. The highest BCUT2D eigenvalue weighted by molar-refractivity contribution is 6.00. The van der Waals surface area contributed by atoms with Gasteiger partial charge in [0.2, 0.25) is 0 Å². The van der Waals surface area contributed by atoms with Crippen LogP contribution < -0.4 is 0 Å². The van der Waals surface area contributed by atoms with E-state index in [9.17, 15) is 0 Å². The van der Waals surface area contributed by atoms with E-state index in [1.165, 1.54) is 11.1 Å². The van der Waals surface area contributed by atoms with Crippen LogP contribution >= 0.6 is 0 Å². The largest absolute Gasteiger partial charge is 0.347 e. The van der Waals surface area contributed by atoms with E-state index in [1.54, 1.807) is 0 Å². The maximum Gasteiger partial charge on any atom is 0.131 e. The number of hydrogen-bond donors (Lipinski definition) is 0. The summed E-state index contributed by atoms with van der Waals surface area (Å²) in [6, 6.07) is 21.9. The Morgan fingerprint density at radius 3 is 2.09 bits per heavy atom. The van der Waals surface area contributed by atoms with Crippen LogP contribution in [0.5, 0.6) is 0 Å². The van der Waals surface area contributed by atoms with E-state index in [0.29, 0.717) is 12.1 Å². The predicted molar refractivity (Wildman–Crippen MR) is 97.8 cm³/mol. The molecule has 2 nitrogen and oxygen atoms in total. The smallest absolute Gasteiger partial charge is 0.131 e. The van der Waals surface area contributed by atoms with Crippen molar-refractivity contribution in [1.82, 2.24) is 4.90 Å². The normalized spacial score (nSPS) is 19.6. The second kappa shape index (κ2) is 6.19. The highest BCUT2D eigenvalue weighted by Crippen LogP contribution is 2.33. The lowest BCUT2D eigenvalue weighted by Crippen LogP contribution is -2.35. The first-order chi connectivity index (χ1) is 11.0. The average Bonchev–Trinajstić information content (AvgIpc) is 3.01. The number of rotatable bonds is 3. The molecule has 2 aromatic rings. The molecule has 1 aliphatic heterocycles.